The zero-order chi connectivity index (χ0) is 33.5. The van der Waals surface area contributed by atoms with E-state index in [2.05, 4.69) is 54.5 Å². The highest BCUT2D eigenvalue weighted by Crippen LogP contribution is 2.76. The van der Waals surface area contributed by atoms with Crippen molar-refractivity contribution in [1.29, 1.82) is 0 Å². The fraction of sp³-hybridized carbons (Fsp3) is 0.944. The minimum absolute atomic E-state index is 0.0548. The third kappa shape index (κ3) is 5.48. The largest absolute Gasteiger partial charge is 0.394 e. The predicted molar refractivity (Wildman–Crippen MR) is 170 cm³/mol. The second-order valence-electron chi connectivity index (χ2n) is 17.5. The van der Waals surface area contributed by atoms with E-state index in [0.29, 0.717) is 25.7 Å². The lowest BCUT2D eigenvalue weighted by Crippen LogP contribution is -2.71. The number of ether oxygens (including phenoxy) is 2. The highest BCUT2D eigenvalue weighted by Gasteiger charge is 2.73. The van der Waals surface area contributed by atoms with E-state index in [-0.39, 0.29) is 39.9 Å². The van der Waals surface area contributed by atoms with Gasteiger partial charge < -0.3 is 45.2 Å². The molecular weight excluding hydrogens is 576 g/mol. The lowest BCUT2D eigenvalue weighted by atomic mass is 9.34. The Morgan fingerprint density at radius 3 is 2.22 bits per heavy atom. The van der Waals surface area contributed by atoms with Gasteiger partial charge in [0.2, 0.25) is 0 Å². The van der Waals surface area contributed by atoms with Crippen molar-refractivity contribution in [2.75, 3.05) is 6.61 Å². The first kappa shape index (κ1) is 35.7. The molecule has 1 aliphatic heterocycles. The molecule has 0 amide bonds. The molecule has 7 N–H and O–H groups in total. The van der Waals surface area contributed by atoms with Crippen LogP contribution in [0.1, 0.15) is 107 Å². The summed E-state index contributed by atoms with van der Waals surface area (Å²) in [6.45, 7) is 16.6. The zero-order valence-electron chi connectivity index (χ0n) is 28.8. The number of hydrogen-bond acceptors (Lipinski definition) is 9. The lowest BCUT2D eigenvalue weighted by molar-refractivity contribution is -0.346. The summed E-state index contributed by atoms with van der Waals surface area (Å²) in [6.07, 6.45) is -0.603. The molecule has 0 radical (unpaired) electrons. The average molecular weight is 639 g/mol. The average Bonchev–Trinajstić information content (AvgIpc) is 3.33. The van der Waals surface area contributed by atoms with Crippen LogP contribution < -0.4 is 0 Å². The van der Waals surface area contributed by atoms with Crippen molar-refractivity contribution in [3.8, 4) is 0 Å². The SMILES string of the molecule is CC(C)=CCC[C@@](C)(O)[C@@H]1CC[C@@]2(C)[C@H]1[C@@H](O)C[C@H]1[C@]3(C)CC[C@@H](O)C(C)(C)[C@H]3[C@H](O[C@@H]3O[C@@H](CO)[C@H](O)[C@@H](O)[C@@H]3O)C[C@@]12C. The van der Waals surface area contributed by atoms with Crippen LogP contribution in [0.15, 0.2) is 11.6 Å². The molecule has 0 aromatic rings. The van der Waals surface area contributed by atoms with E-state index in [4.69, 9.17) is 9.47 Å². The first-order valence-corrected chi connectivity index (χ1v) is 17.4. The van der Waals surface area contributed by atoms with Crippen LogP contribution in [0.25, 0.3) is 0 Å². The van der Waals surface area contributed by atoms with E-state index in [1.54, 1.807) is 0 Å². The highest BCUT2D eigenvalue weighted by atomic mass is 16.7. The predicted octanol–water partition coefficient (Wildman–Crippen LogP) is 3.30. The van der Waals surface area contributed by atoms with Crippen molar-refractivity contribution in [2.24, 2.45) is 45.3 Å². The summed E-state index contributed by atoms with van der Waals surface area (Å²) < 4.78 is 12.6. The van der Waals surface area contributed by atoms with Gasteiger partial charge in [0.05, 0.1) is 30.5 Å². The lowest BCUT2D eigenvalue weighted by Gasteiger charge is -2.72. The molecule has 1 heterocycles. The number of aliphatic hydroxyl groups excluding tert-OH is 6. The summed E-state index contributed by atoms with van der Waals surface area (Å²) in [6, 6.07) is 0. The second kappa shape index (κ2) is 12.1. The van der Waals surface area contributed by atoms with Gasteiger partial charge >= 0.3 is 0 Å². The molecule has 1 saturated heterocycles. The molecule has 9 heteroatoms. The molecule has 4 saturated carbocycles. The fourth-order valence-corrected chi connectivity index (χ4v) is 11.9. The zero-order valence-corrected chi connectivity index (χ0v) is 28.8. The minimum Gasteiger partial charge on any atom is -0.394 e. The van der Waals surface area contributed by atoms with Gasteiger partial charge in [-0.2, -0.15) is 0 Å². The van der Waals surface area contributed by atoms with Crippen LogP contribution in [0.3, 0.4) is 0 Å². The van der Waals surface area contributed by atoms with Gasteiger partial charge in [0, 0.05) is 0 Å². The van der Waals surface area contributed by atoms with Crippen molar-refractivity contribution in [2.45, 2.75) is 161 Å². The first-order chi connectivity index (χ1) is 20.8. The van der Waals surface area contributed by atoms with Crippen LogP contribution in [0.2, 0.25) is 0 Å². The van der Waals surface area contributed by atoms with E-state index >= 15 is 0 Å². The van der Waals surface area contributed by atoms with Crippen molar-refractivity contribution >= 4 is 0 Å². The second-order valence-corrected chi connectivity index (χ2v) is 17.5. The summed E-state index contributed by atoms with van der Waals surface area (Å²) >= 11 is 0. The summed E-state index contributed by atoms with van der Waals surface area (Å²) in [4.78, 5) is 0. The van der Waals surface area contributed by atoms with Gasteiger partial charge in [0.1, 0.15) is 24.4 Å². The summed E-state index contributed by atoms with van der Waals surface area (Å²) in [5, 5.41) is 77.2. The molecule has 5 fully saturated rings. The van der Waals surface area contributed by atoms with Crippen LogP contribution in [-0.2, 0) is 9.47 Å². The van der Waals surface area contributed by atoms with Crippen LogP contribution >= 0.6 is 0 Å². The molecule has 0 aromatic carbocycles. The van der Waals surface area contributed by atoms with E-state index in [1.165, 1.54) is 5.57 Å². The Balaban J connectivity index is 1.54. The molecule has 0 bridgehead atoms. The molecule has 16 atom stereocenters. The topological polar surface area (TPSA) is 160 Å². The molecule has 5 rings (SSSR count). The smallest absolute Gasteiger partial charge is 0.186 e. The van der Waals surface area contributed by atoms with Crippen LogP contribution in [0.4, 0.5) is 0 Å². The van der Waals surface area contributed by atoms with Crippen LogP contribution in [0, 0.1) is 45.3 Å². The Morgan fingerprint density at radius 2 is 1.60 bits per heavy atom. The molecule has 5 aliphatic rings. The van der Waals surface area contributed by atoms with Crippen molar-refractivity contribution in [1.82, 2.24) is 0 Å². The van der Waals surface area contributed by atoms with E-state index in [9.17, 15) is 35.7 Å². The van der Waals surface area contributed by atoms with Gasteiger partial charge in [-0.25, -0.2) is 0 Å². The standard InChI is InChI=1S/C36H62O9/c1-19(2)10-9-13-36(8,43)20-11-15-34(6)26(20)21(38)16-24-33(5)14-12-25(39)32(3,4)30(33)22(17-35(24,34)7)44-31-29(42)28(41)27(40)23(18-37)45-31/h10,20-31,37-43H,9,11-18H2,1-8H3/t20-,21+,22-,23+,24+,25-,26-,27+,28-,29+,30-,31-,33+,34+,35+,36-/m1/s1. The molecule has 0 unspecified atom stereocenters. The maximum Gasteiger partial charge on any atom is 0.186 e. The Hall–Kier alpha value is -0.620. The van der Waals surface area contributed by atoms with E-state index < -0.39 is 66.6 Å². The molecule has 0 spiro atoms. The normalized spacial score (nSPS) is 52.2. The van der Waals surface area contributed by atoms with E-state index in [1.807, 2.05) is 6.92 Å². The summed E-state index contributed by atoms with van der Waals surface area (Å²) in [5.74, 6) is -0.186. The maximum atomic E-state index is 12.1. The molecular formula is C36H62O9. The Kier molecular flexibility index (Phi) is 9.56. The first-order valence-electron chi connectivity index (χ1n) is 17.4. The van der Waals surface area contributed by atoms with Gasteiger partial charge in [-0.3, -0.25) is 0 Å². The Bertz CT molecular complexity index is 1100. The van der Waals surface area contributed by atoms with Gasteiger partial charge in [0.15, 0.2) is 6.29 Å². The Morgan fingerprint density at radius 1 is 0.933 bits per heavy atom. The van der Waals surface area contributed by atoms with E-state index in [0.717, 1.165) is 25.7 Å². The number of hydrogen-bond donors (Lipinski definition) is 7. The monoisotopic (exact) mass is 638 g/mol. The summed E-state index contributed by atoms with van der Waals surface area (Å²) in [7, 11) is 0. The highest BCUT2D eigenvalue weighted by molar-refractivity contribution is 5.22. The minimum atomic E-state index is -1.54. The van der Waals surface area contributed by atoms with Crippen LogP contribution in [0.5, 0.6) is 0 Å². The number of rotatable bonds is 7. The van der Waals surface area contributed by atoms with Gasteiger partial charge in [-0.1, -0.05) is 46.3 Å². The molecule has 0 aromatic heterocycles. The Labute approximate surface area is 270 Å². The molecule has 4 aliphatic carbocycles. The fourth-order valence-electron chi connectivity index (χ4n) is 11.9. The number of allylic oxidation sites excluding steroid dienone is 2. The quantitative estimate of drug-likeness (QED) is 0.164. The van der Waals surface area contributed by atoms with Gasteiger partial charge in [0.25, 0.3) is 0 Å². The van der Waals surface area contributed by atoms with Gasteiger partial charge in [-0.15, -0.1) is 0 Å². The van der Waals surface area contributed by atoms with Crippen molar-refractivity contribution in [3.05, 3.63) is 11.6 Å². The number of aliphatic hydroxyl groups is 7. The van der Waals surface area contributed by atoms with Crippen molar-refractivity contribution < 1.29 is 45.2 Å². The summed E-state index contributed by atoms with van der Waals surface area (Å²) in [5.41, 5.74) is -1.21. The van der Waals surface area contributed by atoms with Crippen LogP contribution in [-0.4, -0.2) is 97.0 Å². The third-order valence-electron chi connectivity index (χ3n) is 14.4. The number of fused-ring (bicyclic) bond motifs is 5. The molecule has 260 valence electrons. The maximum absolute atomic E-state index is 12.1. The molecule has 9 nitrogen and oxygen atoms in total. The van der Waals surface area contributed by atoms with Gasteiger partial charge in [-0.05, 0) is 117 Å². The molecule has 45 heavy (non-hydrogen) atoms. The third-order valence-corrected chi connectivity index (χ3v) is 14.4. The van der Waals surface area contributed by atoms with Crippen molar-refractivity contribution in [3.63, 3.8) is 0 Å².